The van der Waals surface area contributed by atoms with E-state index in [1.165, 1.54) is 6.42 Å². The summed E-state index contributed by atoms with van der Waals surface area (Å²) in [4.78, 5) is 14.3. The molecule has 0 aromatic heterocycles. The van der Waals surface area contributed by atoms with E-state index in [0.717, 1.165) is 57.0 Å². The smallest absolute Gasteiger partial charge is 0.323 e. The highest BCUT2D eigenvalue weighted by Gasteiger charge is 2.49. The van der Waals surface area contributed by atoms with Crippen LogP contribution in [0, 0.1) is 11.8 Å². The van der Waals surface area contributed by atoms with Crippen LogP contribution < -0.4 is 5.32 Å². The summed E-state index contributed by atoms with van der Waals surface area (Å²) in [5, 5.41) is 13.1. The van der Waals surface area contributed by atoms with Gasteiger partial charge in [0, 0.05) is 25.2 Å². The summed E-state index contributed by atoms with van der Waals surface area (Å²) in [6.07, 6.45) is 6.23. The molecule has 4 unspecified atom stereocenters. The molecule has 1 saturated heterocycles. The second-order valence-electron chi connectivity index (χ2n) is 7.60. The maximum atomic E-state index is 11.8. The number of rotatable bonds is 4. The molecule has 2 saturated carbocycles. The molecule has 4 heteroatoms. The van der Waals surface area contributed by atoms with E-state index in [9.17, 15) is 9.90 Å². The fourth-order valence-corrected chi connectivity index (χ4v) is 4.35. The SMILES string of the molecule is CC1CC(C)CN(C2CCC(NC3CC3)(C(=O)O)C2)C1. The molecule has 0 aromatic carbocycles. The second-order valence-corrected chi connectivity index (χ2v) is 7.60. The lowest BCUT2D eigenvalue weighted by atomic mass is 9.90. The Morgan fingerprint density at radius 3 is 2.40 bits per heavy atom. The van der Waals surface area contributed by atoms with E-state index < -0.39 is 11.5 Å². The largest absolute Gasteiger partial charge is 0.480 e. The van der Waals surface area contributed by atoms with Crippen molar-refractivity contribution in [2.24, 2.45) is 11.8 Å². The topological polar surface area (TPSA) is 52.6 Å². The minimum Gasteiger partial charge on any atom is -0.480 e. The van der Waals surface area contributed by atoms with Crippen LogP contribution in [0.4, 0.5) is 0 Å². The molecule has 0 radical (unpaired) electrons. The number of likely N-dealkylation sites (tertiary alicyclic amines) is 1. The summed E-state index contributed by atoms with van der Waals surface area (Å²) in [5.74, 6) is 0.856. The maximum Gasteiger partial charge on any atom is 0.323 e. The molecule has 1 heterocycles. The maximum absolute atomic E-state index is 11.8. The van der Waals surface area contributed by atoms with Gasteiger partial charge in [0.25, 0.3) is 0 Å². The van der Waals surface area contributed by atoms with Crippen molar-refractivity contribution < 1.29 is 9.90 Å². The molecule has 3 rings (SSSR count). The number of nitrogens with zero attached hydrogens (tertiary/aromatic N) is 1. The zero-order valence-electron chi connectivity index (χ0n) is 12.8. The van der Waals surface area contributed by atoms with Gasteiger partial charge in [-0.3, -0.25) is 15.0 Å². The van der Waals surface area contributed by atoms with Gasteiger partial charge in [0.15, 0.2) is 0 Å². The lowest BCUT2D eigenvalue weighted by molar-refractivity contribution is -0.145. The molecule has 20 heavy (non-hydrogen) atoms. The third-order valence-electron chi connectivity index (χ3n) is 5.37. The first kappa shape index (κ1) is 14.3. The molecule has 4 atom stereocenters. The van der Waals surface area contributed by atoms with Crippen LogP contribution in [0.1, 0.15) is 52.4 Å². The molecule has 3 fully saturated rings. The average Bonchev–Trinajstić information content (AvgIpc) is 3.04. The Kier molecular flexibility index (Phi) is 3.80. The highest BCUT2D eigenvalue weighted by Crippen LogP contribution is 2.38. The van der Waals surface area contributed by atoms with E-state index >= 15 is 0 Å². The number of aliphatic carboxylic acids is 1. The Balaban J connectivity index is 1.66. The Bertz CT molecular complexity index is 373. The third-order valence-corrected chi connectivity index (χ3v) is 5.37. The molecule has 114 valence electrons. The van der Waals surface area contributed by atoms with Gasteiger partial charge < -0.3 is 5.11 Å². The van der Waals surface area contributed by atoms with E-state index in [4.69, 9.17) is 0 Å². The van der Waals surface area contributed by atoms with Crippen molar-refractivity contribution in [3.8, 4) is 0 Å². The molecule has 3 aliphatic rings. The van der Waals surface area contributed by atoms with Gasteiger partial charge in [0.05, 0.1) is 0 Å². The fourth-order valence-electron chi connectivity index (χ4n) is 4.35. The van der Waals surface area contributed by atoms with Crippen molar-refractivity contribution >= 4 is 5.97 Å². The summed E-state index contributed by atoms with van der Waals surface area (Å²) in [7, 11) is 0. The monoisotopic (exact) mass is 280 g/mol. The van der Waals surface area contributed by atoms with E-state index in [1.807, 2.05) is 0 Å². The number of carboxylic acid groups (broad SMARTS) is 1. The summed E-state index contributed by atoms with van der Waals surface area (Å²) >= 11 is 0. The van der Waals surface area contributed by atoms with Crippen molar-refractivity contribution in [3.63, 3.8) is 0 Å². The van der Waals surface area contributed by atoms with Crippen LogP contribution in [-0.4, -0.2) is 46.7 Å². The normalized spacial score (nSPS) is 42.8. The van der Waals surface area contributed by atoms with E-state index in [2.05, 4.69) is 24.1 Å². The zero-order chi connectivity index (χ0) is 14.3. The first-order chi connectivity index (χ1) is 9.48. The molecule has 0 amide bonds. The van der Waals surface area contributed by atoms with Crippen LogP contribution in [-0.2, 0) is 4.79 Å². The van der Waals surface area contributed by atoms with Crippen molar-refractivity contribution in [3.05, 3.63) is 0 Å². The molecule has 1 aliphatic heterocycles. The lowest BCUT2D eigenvalue weighted by Gasteiger charge is -2.39. The van der Waals surface area contributed by atoms with E-state index in [0.29, 0.717) is 12.1 Å². The Hall–Kier alpha value is -0.610. The zero-order valence-corrected chi connectivity index (χ0v) is 12.8. The van der Waals surface area contributed by atoms with Gasteiger partial charge in [0.2, 0.25) is 0 Å². The summed E-state index contributed by atoms with van der Waals surface area (Å²) in [5.41, 5.74) is -0.643. The van der Waals surface area contributed by atoms with Crippen LogP contribution in [0.25, 0.3) is 0 Å². The number of nitrogens with one attached hydrogen (secondary N) is 1. The lowest BCUT2D eigenvalue weighted by Crippen LogP contribution is -2.53. The van der Waals surface area contributed by atoms with Crippen LogP contribution in [0.2, 0.25) is 0 Å². The predicted octanol–water partition coefficient (Wildman–Crippen LogP) is 2.09. The van der Waals surface area contributed by atoms with Crippen LogP contribution in [0.3, 0.4) is 0 Å². The summed E-state index contributed by atoms with van der Waals surface area (Å²) < 4.78 is 0. The Labute approximate surface area is 121 Å². The minimum absolute atomic E-state index is 0.461. The van der Waals surface area contributed by atoms with Crippen molar-refractivity contribution in [1.82, 2.24) is 10.2 Å². The standard InChI is InChI=1S/C16H28N2O2/c1-11-7-12(2)10-18(9-11)14-5-6-16(8-14,15(19)20)17-13-3-4-13/h11-14,17H,3-10H2,1-2H3,(H,19,20). The minimum atomic E-state index is -0.643. The molecule has 0 spiro atoms. The van der Waals surface area contributed by atoms with Gasteiger partial charge in [-0.05, 0) is 50.4 Å². The van der Waals surface area contributed by atoms with E-state index in [1.54, 1.807) is 0 Å². The molecular weight excluding hydrogens is 252 g/mol. The summed E-state index contributed by atoms with van der Waals surface area (Å²) in [6, 6.07) is 0.923. The van der Waals surface area contributed by atoms with Gasteiger partial charge in [-0.25, -0.2) is 0 Å². The van der Waals surface area contributed by atoms with Gasteiger partial charge in [-0.1, -0.05) is 13.8 Å². The Morgan fingerprint density at radius 1 is 1.20 bits per heavy atom. The molecule has 4 nitrogen and oxygen atoms in total. The van der Waals surface area contributed by atoms with Crippen molar-refractivity contribution in [1.29, 1.82) is 0 Å². The van der Waals surface area contributed by atoms with Crippen LogP contribution in [0.15, 0.2) is 0 Å². The number of hydrogen-bond donors (Lipinski definition) is 2. The van der Waals surface area contributed by atoms with Gasteiger partial charge in [-0.15, -0.1) is 0 Å². The molecule has 2 N–H and O–H groups in total. The van der Waals surface area contributed by atoms with Gasteiger partial charge in [0.1, 0.15) is 5.54 Å². The third kappa shape index (κ3) is 2.86. The summed E-state index contributed by atoms with van der Waals surface area (Å²) in [6.45, 7) is 6.94. The highest BCUT2D eigenvalue weighted by atomic mass is 16.4. The average molecular weight is 280 g/mol. The van der Waals surface area contributed by atoms with Gasteiger partial charge in [-0.2, -0.15) is 0 Å². The molecular formula is C16H28N2O2. The number of piperidine rings is 1. The fraction of sp³-hybridized carbons (Fsp3) is 0.938. The molecule has 0 aromatic rings. The Morgan fingerprint density at radius 2 is 1.85 bits per heavy atom. The van der Waals surface area contributed by atoms with Gasteiger partial charge >= 0.3 is 5.97 Å². The highest BCUT2D eigenvalue weighted by molar-refractivity contribution is 5.79. The predicted molar refractivity (Wildman–Crippen MR) is 78.7 cm³/mol. The first-order valence-corrected chi connectivity index (χ1v) is 8.23. The van der Waals surface area contributed by atoms with Crippen LogP contribution >= 0.6 is 0 Å². The van der Waals surface area contributed by atoms with Crippen LogP contribution in [0.5, 0.6) is 0 Å². The number of carbonyl (C=O) groups is 1. The van der Waals surface area contributed by atoms with Crippen molar-refractivity contribution in [2.75, 3.05) is 13.1 Å². The number of hydrogen-bond acceptors (Lipinski definition) is 3. The second kappa shape index (κ2) is 5.30. The quantitative estimate of drug-likeness (QED) is 0.828. The molecule has 0 bridgehead atoms. The number of carboxylic acids is 1. The van der Waals surface area contributed by atoms with E-state index in [-0.39, 0.29) is 0 Å². The molecule has 2 aliphatic carbocycles. The van der Waals surface area contributed by atoms with Crippen molar-refractivity contribution in [2.45, 2.75) is 70.0 Å². The first-order valence-electron chi connectivity index (χ1n) is 8.23.